The van der Waals surface area contributed by atoms with E-state index >= 15 is 0 Å². The molecule has 1 N–H and O–H groups in total. The fourth-order valence-electron chi connectivity index (χ4n) is 4.10. The van der Waals surface area contributed by atoms with Gasteiger partial charge in [0.25, 0.3) is 11.8 Å². The van der Waals surface area contributed by atoms with E-state index in [-0.39, 0.29) is 23.7 Å². The third kappa shape index (κ3) is 5.49. The van der Waals surface area contributed by atoms with Gasteiger partial charge in [-0.2, -0.15) is 5.10 Å². The van der Waals surface area contributed by atoms with Gasteiger partial charge in [0.1, 0.15) is 29.2 Å². The van der Waals surface area contributed by atoms with Gasteiger partial charge >= 0.3 is 6.36 Å². The molecule has 1 aromatic heterocycles. The maximum atomic E-state index is 15.0. The highest BCUT2D eigenvalue weighted by Gasteiger charge is 2.46. The Morgan fingerprint density at radius 3 is 2.30 bits per heavy atom. The van der Waals surface area contributed by atoms with E-state index in [1.807, 2.05) is 6.92 Å². The minimum absolute atomic E-state index is 0.0663. The van der Waals surface area contributed by atoms with Crippen LogP contribution in [-0.2, 0) is 11.3 Å². The highest BCUT2D eigenvalue weighted by Crippen LogP contribution is 2.36. The Morgan fingerprint density at radius 1 is 1.11 bits per heavy atom. The van der Waals surface area contributed by atoms with Crippen molar-refractivity contribution in [3.63, 3.8) is 0 Å². The van der Waals surface area contributed by atoms with Gasteiger partial charge in [0.2, 0.25) is 0 Å². The Morgan fingerprint density at radius 2 is 1.76 bits per heavy atom. The van der Waals surface area contributed by atoms with Crippen LogP contribution in [0.1, 0.15) is 28.8 Å². The van der Waals surface area contributed by atoms with Gasteiger partial charge in [-0.3, -0.25) is 19.2 Å². The van der Waals surface area contributed by atoms with Gasteiger partial charge in [-0.1, -0.05) is 0 Å². The highest BCUT2D eigenvalue weighted by atomic mass is 19.4. The molecule has 37 heavy (non-hydrogen) atoms. The van der Waals surface area contributed by atoms with Crippen LogP contribution in [0.15, 0.2) is 48.7 Å². The third-order valence-corrected chi connectivity index (χ3v) is 5.84. The molecule has 8 nitrogen and oxygen atoms in total. The quantitative estimate of drug-likeness (QED) is 0.472. The largest absolute Gasteiger partial charge is 0.573 e. The van der Waals surface area contributed by atoms with Gasteiger partial charge in [-0.05, 0) is 31.2 Å². The van der Waals surface area contributed by atoms with Gasteiger partial charge in [0, 0.05) is 54.5 Å². The van der Waals surface area contributed by atoms with Crippen molar-refractivity contribution in [3.8, 4) is 11.5 Å². The van der Waals surface area contributed by atoms with E-state index in [0.29, 0.717) is 6.54 Å². The fraction of sp³-hybridized carbons (Fsp3) is 0.292. The lowest BCUT2D eigenvalue weighted by Gasteiger charge is -2.20. The van der Waals surface area contributed by atoms with Crippen LogP contribution in [0.25, 0.3) is 0 Å². The van der Waals surface area contributed by atoms with Crippen LogP contribution in [0.4, 0.5) is 27.8 Å². The number of hydrogen-bond acceptors (Lipinski definition) is 5. The normalized spacial score (nSPS) is 17.7. The van der Waals surface area contributed by atoms with Crippen LogP contribution in [0.5, 0.6) is 11.5 Å². The molecule has 1 saturated heterocycles. The van der Waals surface area contributed by atoms with Crippen molar-refractivity contribution >= 4 is 17.6 Å². The zero-order chi connectivity index (χ0) is 26.9. The van der Waals surface area contributed by atoms with Crippen LogP contribution in [-0.4, -0.2) is 47.7 Å². The minimum Gasteiger partial charge on any atom is -0.497 e. The van der Waals surface area contributed by atoms with E-state index in [1.54, 1.807) is 16.9 Å². The first-order chi connectivity index (χ1) is 17.5. The zero-order valence-corrected chi connectivity index (χ0v) is 19.6. The van der Waals surface area contributed by atoms with Crippen molar-refractivity contribution in [3.05, 3.63) is 71.4 Å². The first-order valence-electron chi connectivity index (χ1n) is 11.0. The standard InChI is InChI=1S/C24H21F5N4O4/c1-3-32-9-8-19(31-32)33-12-16(20-17(25)10-15(36-2)11-18(20)26)21(23(33)35)30-22(34)13-4-6-14(7-5-13)37-24(27,28)29/h4-11,16,21H,3,12H2,1-2H3,(H,30,34)/t16-,21?/m0/s1. The van der Waals surface area contributed by atoms with Crippen molar-refractivity contribution in [2.45, 2.75) is 31.8 Å². The molecule has 0 spiro atoms. The lowest BCUT2D eigenvalue weighted by Crippen LogP contribution is -2.44. The van der Waals surface area contributed by atoms with Crippen LogP contribution in [0, 0.1) is 11.6 Å². The third-order valence-electron chi connectivity index (χ3n) is 5.84. The molecule has 1 fully saturated rings. The summed E-state index contributed by atoms with van der Waals surface area (Å²) >= 11 is 0. The van der Waals surface area contributed by atoms with E-state index in [4.69, 9.17) is 4.74 Å². The summed E-state index contributed by atoms with van der Waals surface area (Å²) in [5.74, 6) is -4.96. The molecule has 2 aromatic carbocycles. The molecule has 1 aliphatic heterocycles. The lowest BCUT2D eigenvalue weighted by atomic mass is 9.92. The van der Waals surface area contributed by atoms with Gasteiger partial charge in [-0.25, -0.2) is 8.78 Å². The minimum atomic E-state index is -4.91. The van der Waals surface area contributed by atoms with Crippen molar-refractivity contribution in [2.24, 2.45) is 0 Å². The number of carbonyl (C=O) groups is 2. The number of aromatic nitrogens is 2. The number of nitrogens with zero attached hydrogens (tertiary/aromatic N) is 3. The number of methoxy groups -OCH3 is 1. The molecule has 3 aromatic rings. The molecule has 4 rings (SSSR count). The number of ether oxygens (including phenoxy) is 2. The number of nitrogens with one attached hydrogen (secondary N) is 1. The molecule has 2 heterocycles. The Labute approximate surface area is 207 Å². The molecule has 0 radical (unpaired) electrons. The van der Waals surface area contributed by atoms with E-state index in [1.165, 1.54) is 12.0 Å². The van der Waals surface area contributed by atoms with Gasteiger partial charge in [0.05, 0.1) is 7.11 Å². The molecule has 13 heteroatoms. The van der Waals surface area contributed by atoms with Crippen LogP contribution >= 0.6 is 0 Å². The van der Waals surface area contributed by atoms with E-state index in [9.17, 15) is 31.5 Å². The molecule has 1 aliphatic rings. The van der Waals surface area contributed by atoms with Gasteiger partial charge < -0.3 is 14.8 Å². The summed E-state index contributed by atoms with van der Waals surface area (Å²) < 4.78 is 77.5. The van der Waals surface area contributed by atoms with Crippen LogP contribution < -0.4 is 19.7 Å². The maximum absolute atomic E-state index is 15.0. The molecule has 2 amide bonds. The number of amides is 2. The van der Waals surface area contributed by atoms with Crippen molar-refractivity contribution in [1.29, 1.82) is 0 Å². The van der Waals surface area contributed by atoms with Crippen molar-refractivity contribution in [1.82, 2.24) is 15.1 Å². The topological polar surface area (TPSA) is 85.7 Å². The Hall–Kier alpha value is -4.16. The second-order valence-corrected chi connectivity index (χ2v) is 8.11. The first kappa shape index (κ1) is 25.9. The molecule has 196 valence electrons. The van der Waals surface area contributed by atoms with Crippen LogP contribution in [0.2, 0.25) is 0 Å². The number of hydrogen-bond donors (Lipinski definition) is 1. The lowest BCUT2D eigenvalue weighted by molar-refractivity contribution is -0.274. The molecule has 0 bridgehead atoms. The van der Waals surface area contributed by atoms with E-state index in [0.717, 1.165) is 36.4 Å². The second-order valence-electron chi connectivity index (χ2n) is 8.11. The number of halogens is 5. The smallest absolute Gasteiger partial charge is 0.497 e. The van der Waals surface area contributed by atoms with Crippen molar-refractivity contribution in [2.75, 3.05) is 18.6 Å². The Kier molecular flexibility index (Phi) is 7.05. The summed E-state index contributed by atoms with van der Waals surface area (Å²) in [6, 6.07) is 6.10. The summed E-state index contributed by atoms with van der Waals surface area (Å²) in [6.45, 7) is 2.16. The molecule has 1 unspecified atom stereocenters. The number of anilines is 1. The average Bonchev–Trinajstić information content (AvgIpc) is 3.43. The number of alkyl halides is 3. The SMILES string of the molecule is CCn1ccc(N2C[C@@H](c3c(F)cc(OC)cc3F)C(NC(=O)c3ccc(OC(F)(F)F)cc3)C2=O)n1. The first-order valence-corrected chi connectivity index (χ1v) is 11.0. The highest BCUT2D eigenvalue weighted by molar-refractivity contribution is 6.04. The summed E-state index contributed by atoms with van der Waals surface area (Å²) in [6.07, 6.45) is -3.28. The second kappa shape index (κ2) is 10.1. The molecule has 0 aliphatic carbocycles. The van der Waals surface area contributed by atoms with Gasteiger partial charge in [0.15, 0.2) is 5.82 Å². The predicted octanol–water partition coefficient (Wildman–Crippen LogP) is 4.02. The monoisotopic (exact) mass is 524 g/mol. The number of benzene rings is 2. The molecular formula is C24H21F5N4O4. The molecule has 0 saturated carbocycles. The average molecular weight is 524 g/mol. The predicted molar refractivity (Wildman–Crippen MR) is 120 cm³/mol. The summed E-state index contributed by atoms with van der Waals surface area (Å²) in [7, 11) is 1.24. The van der Waals surface area contributed by atoms with E-state index < -0.39 is 53.1 Å². The summed E-state index contributed by atoms with van der Waals surface area (Å²) in [4.78, 5) is 27.5. The van der Waals surface area contributed by atoms with E-state index in [2.05, 4.69) is 15.2 Å². The molecular weight excluding hydrogens is 503 g/mol. The number of aryl methyl sites for hydroxylation is 1. The summed E-state index contributed by atoms with van der Waals surface area (Å²) in [5, 5.41) is 6.74. The van der Waals surface area contributed by atoms with Crippen LogP contribution in [0.3, 0.4) is 0 Å². The van der Waals surface area contributed by atoms with Crippen molar-refractivity contribution < 1.29 is 41.0 Å². The zero-order valence-electron chi connectivity index (χ0n) is 19.6. The summed E-state index contributed by atoms with van der Waals surface area (Å²) in [5.41, 5.74) is -0.517. The Bertz CT molecular complexity index is 1290. The number of carbonyl (C=O) groups excluding carboxylic acids is 2. The Balaban J connectivity index is 1.65. The number of rotatable bonds is 7. The van der Waals surface area contributed by atoms with Gasteiger partial charge in [-0.15, -0.1) is 13.2 Å². The fourth-order valence-corrected chi connectivity index (χ4v) is 4.10. The molecule has 2 atom stereocenters. The maximum Gasteiger partial charge on any atom is 0.573 e.